The van der Waals surface area contributed by atoms with Gasteiger partial charge in [0.05, 0.1) is 0 Å². The standard InChI is InChI=1S/C17H29N3O/c1-17(2,3)15(9-13-21)19-14-7-11-20(12-8-14)16-6-4-5-10-18-16/h4-6,10,14-15,19,21H,7-9,11-13H2,1-3H3. The van der Waals surface area contributed by atoms with Crippen molar-refractivity contribution >= 4 is 5.82 Å². The van der Waals surface area contributed by atoms with Gasteiger partial charge in [0.15, 0.2) is 0 Å². The van der Waals surface area contributed by atoms with Crippen molar-refractivity contribution < 1.29 is 5.11 Å². The number of rotatable bonds is 5. The molecule has 0 radical (unpaired) electrons. The third kappa shape index (κ3) is 4.68. The first-order valence-electron chi connectivity index (χ1n) is 8.03. The molecule has 0 spiro atoms. The zero-order chi connectivity index (χ0) is 15.3. The molecule has 4 heteroatoms. The number of piperidine rings is 1. The molecule has 2 rings (SSSR count). The monoisotopic (exact) mass is 291 g/mol. The lowest BCUT2D eigenvalue weighted by Gasteiger charge is -2.39. The highest BCUT2D eigenvalue weighted by Gasteiger charge is 2.28. The van der Waals surface area contributed by atoms with Gasteiger partial charge in [0.25, 0.3) is 0 Å². The number of aliphatic hydroxyl groups is 1. The van der Waals surface area contributed by atoms with Crippen LogP contribution < -0.4 is 10.2 Å². The molecule has 118 valence electrons. The summed E-state index contributed by atoms with van der Waals surface area (Å²) < 4.78 is 0. The molecule has 0 saturated carbocycles. The van der Waals surface area contributed by atoms with E-state index in [9.17, 15) is 5.11 Å². The molecule has 0 bridgehead atoms. The molecule has 0 aromatic carbocycles. The number of aliphatic hydroxyl groups excluding tert-OH is 1. The van der Waals surface area contributed by atoms with Crippen molar-refractivity contribution in [1.29, 1.82) is 0 Å². The molecule has 1 aromatic heterocycles. The Labute approximate surface area is 128 Å². The Morgan fingerprint density at radius 2 is 2.05 bits per heavy atom. The van der Waals surface area contributed by atoms with Crippen LogP contribution in [-0.2, 0) is 0 Å². The zero-order valence-electron chi connectivity index (χ0n) is 13.5. The van der Waals surface area contributed by atoms with Crippen molar-refractivity contribution in [2.24, 2.45) is 5.41 Å². The largest absolute Gasteiger partial charge is 0.396 e. The van der Waals surface area contributed by atoms with E-state index < -0.39 is 0 Å². The number of anilines is 1. The summed E-state index contributed by atoms with van der Waals surface area (Å²) in [5, 5.41) is 13.0. The molecular weight excluding hydrogens is 262 g/mol. The lowest BCUT2D eigenvalue weighted by Crippen LogP contribution is -2.50. The molecule has 2 heterocycles. The maximum Gasteiger partial charge on any atom is 0.128 e. The SMILES string of the molecule is CC(C)(C)C(CCO)NC1CCN(c2ccccn2)CC1. The highest BCUT2D eigenvalue weighted by atomic mass is 16.3. The van der Waals surface area contributed by atoms with E-state index in [-0.39, 0.29) is 12.0 Å². The Morgan fingerprint density at radius 1 is 1.33 bits per heavy atom. The number of nitrogens with one attached hydrogen (secondary N) is 1. The van der Waals surface area contributed by atoms with Crippen molar-refractivity contribution in [1.82, 2.24) is 10.3 Å². The highest BCUT2D eigenvalue weighted by molar-refractivity contribution is 5.38. The van der Waals surface area contributed by atoms with Crippen molar-refractivity contribution in [3.63, 3.8) is 0 Å². The Kier molecular flexibility index (Phi) is 5.59. The average molecular weight is 291 g/mol. The molecule has 1 atom stereocenters. The third-order valence-electron chi connectivity index (χ3n) is 4.37. The molecule has 1 aliphatic heterocycles. The molecule has 0 amide bonds. The van der Waals surface area contributed by atoms with Crippen LogP contribution >= 0.6 is 0 Å². The Bertz CT molecular complexity index is 408. The molecule has 1 aromatic rings. The second kappa shape index (κ2) is 7.23. The summed E-state index contributed by atoms with van der Waals surface area (Å²) in [6.45, 7) is 9.06. The summed E-state index contributed by atoms with van der Waals surface area (Å²) in [6.07, 6.45) is 4.95. The minimum Gasteiger partial charge on any atom is -0.396 e. The Hall–Kier alpha value is -1.13. The summed E-state index contributed by atoms with van der Waals surface area (Å²) in [5.74, 6) is 1.08. The molecule has 1 fully saturated rings. The zero-order valence-corrected chi connectivity index (χ0v) is 13.5. The number of nitrogens with zero attached hydrogens (tertiary/aromatic N) is 2. The molecule has 1 aliphatic rings. The van der Waals surface area contributed by atoms with E-state index in [4.69, 9.17) is 0 Å². The molecule has 1 unspecified atom stereocenters. The van der Waals surface area contributed by atoms with Gasteiger partial charge in [-0.2, -0.15) is 0 Å². The predicted molar refractivity (Wildman–Crippen MR) is 87.6 cm³/mol. The maximum atomic E-state index is 9.26. The maximum absolute atomic E-state index is 9.26. The van der Waals surface area contributed by atoms with E-state index in [0.717, 1.165) is 38.2 Å². The van der Waals surface area contributed by atoms with Crippen LogP contribution in [0.25, 0.3) is 0 Å². The van der Waals surface area contributed by atoms with E-state index in [0.29, 0.717) is 12.1 Å². The fourth-order valence-electron chi connectivity index (χ4n) is 3.00. The summed E-state index contributed by atoms with van der Waals surface area (Å²) >= 11 is 0. The highest BCUT2D eigenvalue weighted by Crippen LogP contribution is 2.24. The first kappa shape index (κ1) is 16.2. The summed E-state index contributed by atoms with van der Waals surface area (Å²) in [4.78, 5) is 6.79. The van der Waals surface area contributed by atoms with E-state index in [1.807, 2.05) is 18.3 Å². The third-order valence-corrected chi connectivity index (χ3v) is 4.37. The second-order valence-corrected chi connectivity index (χ2v) is 7.05. The van der Waals surface area contributed by atoms with Gasteiger partial charge in [-0.25, -0.2) is 4.98 Å². The average Bonchev–Trinajstić information content (AvgIpc) is 2.47. The molecular formula is C17H29N3O. The first-order valence-corrected chi connectivity index (χ1v) is 8.03. The number of hydrogen-bond acceptors (Lipinski definition) is 4. The minimum atomic E-state index is 0.181. The smallest absolute Gasteiger partial charge is 0.128 e. The van der Waals surface area contributed by atoms with Crippen LogP contribution in [0.4, 0.5) is 5.82 Å². The van der Waals surface area contributed by atoms with Gasteiger partial charge in [0, 0.05) is 38.0 Å². The van der Waals surface area contributed by atoms with E-state index in [1.54, 1.807) is 0 Å². The van der Waals surface area contributed by atoms with Crippen LogP contribution in [0.3, 0.4) is 0 Å². The summed E-state index contributed by atoms with van der Waals surface area (Å²) in [6, 6.07) is 7.00. The number of pyridine rings is 1. The van der Waals surface area contributed by atoms with Crippen molar-refractivity contribution in [2.75, 3.05) is 24.6 Å². The van der Waals surface area contributed by atoms with E-state index in [2.05, 4.69) is 42.0 Å². The van der Waals surface area contributed by atoms with Gasteiger partial charge in [0.2, 0.25) is 0 Å². The number of hydrogen-bond donors (Lipinski definition) is 2. The van der Waals surface area contributed by atoms with Gasteiger partial charge >= 0.3 is 0 Å². The van der Waals surface area contributed by atoms with Crippen LogP contribution in [0.2, 0.25) is 0 Å². The van der Waals surface area contributed by atoms with Crippen molar-refractivity contribution in [3.8, 4) is 0 Å². The first-order chi connectivity index (χ1) is 10.0. The van der Waals surface area contributed by atoms with Crippen LogP contribution in [0.1, 0.15) is 40.0 Å². The van der Waals surface area contributed by atoms with Crippen LogP contribution in [-0.4, -0.2) is 41.9 Å². The van der Waals surface area contributed by atoms with Gasteiger partial charge in [0.1, 0.15) is 5.82 Å². The Balaban J connectivity index is 1.86. The van der Waals surface area contributed by atoms with Crippen molar-refractivity contribution in [3.05, 3.63) is 24.4 Å². The number of aromatic nitrogens is 1. The fraction of sp³-hybridized carbons (Fsp3) is 0.706. The fourth-order valence-corrected chi connectivity index (χ4v) is 3.00. The summed E-state index contributed by atoms with van der Waals surface area (Å²) in [7, 11) is 0. The molecule has 0 aliphatic carbocycles. The quantitative estimate of drug-likeness (QED) is 0.875. The normalized spacial score (nSPS) is 18.8. The Morgan fingerprint density at radius 3 is 2.57 bits per heavy atom. The second-order valence-electron chi connectivity index (χ2n) is 7.05. The van der Waals surface area contributed by atoms with Gasteiger partial charge in [-0.1, -0.05) is 26.8 Å². The molecule has 2 N–H and O–H groups in total. The van der Waals surface area contributed by atoms with Crippen molar-refractivity contribution in [2.45, 2.75) is 52.1 Å². The topological polar surface area (TPSA) is 48.4 Å². The van der Waals surface area contributed by atoms with Gasteiger partial charge in [-0.05, 0) is 36.8 Å². The van der Waals surface area contributed by atoms with Crippen LogP contribution in [0.15, 0.2) is 24.4 Å². The molecule has 21 heavy (non-hydrogen) atoms. The van der Waals surface area contributed by atoms with Crippen LogP contribution in [0.5, 0.6) is 0 Å². The molecule has 4 nitrogen and oxygen atoms in total. The van der Waals surface area contributed by atoms with E-state index >= 15 is 0 Å². The minimum absolute atomic E-state index is 0.181. The lowest BCUT2D eigenvalue weighted by molar-refractivity contribution is 0.179. The molecule has 1 saturated heterocycles. The van der Waals surface area contributed by atoms with Gasteiger partial charge in [-0.3, -0.25) is 0 Å². The van der Waals surface area contributed by atoms with Gasteiger partial charge in [-0.15, -0.1) is 0 Å². The van der Waals surface area contributed by atoms with Crippen LogP contribution in [0, 0.1) is 5.41 Å². The van der Waals surface area contributed by atoms with Gasteiger partial charge < -0.3 is 15.3 Å². The predicted octanol–water partition coefficient (Wildman–Crippen LogP) is 2.44. The summed E-state index contributed by atoms with van der Waals surface area (Å²) in [5.41, 5.74) is 0.181. The van der Waals surface area contributed by atoms with E-state index in [1.165, 1.54) is 0 Å². The lowest BCUT2D eigenvalue weighted by atomic mass is 9.84.